The summed E-state index contributed by atoms with van der Waals surface area (Å²) in [7, 11) is 2.90. The molecular formula is C21H18ClN5O4S. The molecule has 32 heavy (non-hydrogen) atoms. The second-order valence-electron chi connectivity index (χ2n) is 7.03. The Hall–Kier alpha value is -3.37. The summed E-state index contributed by atoms with van der Waals surface area (Å²) in [6.07, 6.45) is 1.47. The van der Waals surface area contributed by atoms with E-state index in [1.807, 2.05) is 13.0 Å². The van der Waals surface area contributed by atoms with E-state index in [0.29, 0.717) is 16.5 Å². The van der Waals surface area contributed by atoms with Crippen molar-refractivity contribution in [3.63, 3.8) is 0 Å². The number of aromatic nitrogens is 4. The van der Waals surface area contributed by atoms with Gasteiger partial charge in [0.15, 0.2) is 17.2 Å². The van der Waals surface area contributed by atoms with Crippen molar-refractivity contribution in [1.29, 1.82) is 0 Å². The smallest absolute Gasteiger partial charge is 0.332 e. The zero-order chi connectivity index (χ0) is 23.0. The van der Waals surface area contributed by atoms with Gasteiger partial charge in [-0.2, -0.15) is 0 Å². The van der Waals surface area contributed by atoms with Gasteiger partial charge >= 0.3 is 5.69 Å². The molecule has 0 spiro atoms. The minimum atomic E-state index is -0.540. The summed E-state index contributed by atoms with van der Waals surface area (Å²) in [6, 6.07) is 8.58. The molecule has 0 aliphatic heterocycles. The van der Waals surface area contributed by atoms with Gasteiger partial charge in [-0.3, -0.25) is 18.7 Å². The summed E-state index contributed by atoms with van der Waals surface area (Å²) in [5.41, 5.74) is 0.568. The third kappa shape index (κ3) is 4.06. The van der Waals surface area contributed by atoms with Crippen LogP contribution in [0.4, 0.5) is 5.69 Å². The number of rotatable bonds is 5. The number of carbonyl (C=O) groups is 1. The van der Waals surface area contributed by atoms with Gasteiger partial charge in [0.1, 0.15) is 10.4 Å². The van der Waals surface area contributed by atoms with Gasteiger partial charge < -0.3 is 9.73 Å². The van der Waals surface area contributed by atoms with Crippen LogP contribution in [0.1, 0.15) is 5.56 Å². The van der Waals surface area contributed by atoms with Gasteiger partial charge in [0.25, 0.3) is 5.56 Å². The number of carbonyl (C=O) groups excluding carboxylic acids is 1. The number of aryl methyl sites for hydroxylation is 2. The Morgan fingerprint density at radius 2 is 1.97 bits per heavy atom. The molecular weight excluding hydrogens is 454 g/mol. The lowest BCUT2D eigenvalue weighted by molar-refractivity contribution is -0.113. The first-order valence-electron chi connectivity index (χ1n) is 9.46. The van der Waals surface area contributed by atoms with E-state index >= 15 is 0 Å². The van der Waals surface area contributed by atoms with Crippen LogP contribution < -0.4 is 16.6 Å². The van der Waals surface area contributed by atoms with Crippen LogP contribution in [0.3, 0.4) is 0 Å². The van der Waals surface area contributed by atoms with Crippen LogP contribution in [0.5, 0.6) is 0 Å². The highest BCUT2D eigenvalue weighted by Gasteiger charge is 2.20. The standard InChI is InChI=1S/C21H18ClN5O4S/c1-11-6-7-12(9-13(11)22)23-15(28)10-32-19-16-18(26(2)21(30)27(3)20(16)29)24-17(25-19)14-5-4-8-31-14/h4-9H,10H2,1-3H3,(H,23,28). The lowest BCUT2D eigenvalue weighted by atomic mass is 10.2. The Morgan fingerprint density at radius 3 is 2.66 bits per heavy atom. The molecule has 1 amide bonds. The average molecular weight is 472 g/mol. The van der Waals surface area contributed by atoms with Gasteiger partial charge in [0, 0.05) is 24.8 Å². The molecule has 0 bridgehead atoms. The molecule has 1 N–H and O–H groups in total. The van der Waals surface area contributed by atoms with Crippen LogP contribution in [0, 0.1) is 6.92 Å². The van der Waals surface area contributed by atoms with Crippen LogP contribution >= 0.6 is 23.4 Å². The largest absolute Gasteiger partial charge is 0.461 e. The number of benzene rings is 1. The van der Waals surface area contributed by atoms with Gasteiger partial charge in [-0.15, -0.1) is 0 Å². The molecule has 11 heteroatoms. The maximum Gasteiger partial charge on any atom is 0.332 e. The maximum atomic E-state index is 12.8. The lowest BCUT2D eigenvalue weighted by Crippen LogP contribution is -2.37. The van der Waals surface area contributed by atoms with Crippen molar-refractivity contribution in [2.45, 2.75) is 11.9 Å². The number of amides is 1. The number of furan rings is 1. The Labute approximate surface area is 191 Å². The van der Waals surface area contributed by atoms with Gasteiger partial charge in [0.05, 0.1) is 12.0 Å². The lowest BCUT2D eigenvalue weighted by Gasteiger charge is -2.11. The number of nitrogens with zero attached hydrogens (tertiary/aromatic N) is 4. The molecule has 0 aliphatic rings. The van der Waals surface area contributed by atoms with E-state index < -0.39 is 11.2 Å². The second kappa shape index (κ2) is 8.64. The van der Waals surface area contributed by atoms with Crippen molar-refractivity contribution in [1.82, 2.24) is 19.1 Å². The highest BCUT2D eigenvalue weighted by atomic mass is 35.5. The van der Waals surface area contributed by atoms with Crippen molar-refractivity contribution >= 4 is 46.0 Å². The first-order chi connectivity index (χ1) is 15.3. The average Bonchev–Trinajstić information content (AvgIpc) is 3.31. The Bertz CT molecular complexity index is 1460. The van der Waals surface area contributed by atoms with E-state index in [0.717, 1.165) is 21.9 Å². The number of fused-ring (bicyclic) bond motifs is 1. The molecule has 0 aliphatic carbocycles. The van der Waals surface area contributed by atoms with E-state index in [1.54, 1.807) is 24.3 Å². The molecule has 3 heterocycles. The first-order valence-corrected chi connectivity index (χ1v) is 10.8. The van der Waals surface area contributed by atoms with Crippen molar-refractivity contribution in [2.75, 3.05) is 11.1 Å². The van der Waals surface area contributed by atoms with Crippen molar-refractivity contribution in [3.8, 4) is 11.6 Å². The molecule has 4 aromatic rings. The highest BCUT2D eigenvalue weighted by Crippen LogP contribution is 2.27. The number of thioether (sulfide) groups is 1. The molecule has 0 atom stereocenters. The Kier molecular flexibility index (Phi) is 5.90. The molecule has 9 nitrogen and oxygen atoms in total. The highest BCUT2D eigenvalue weighted by molar-refractivity contribution is 8.00. The summed E-state index contributed by atoms with van der Waals surface area (Å²) in [5, 5.41) is 3.74. The maximum absolute atomic E-state index is 12.8. The van der Waals surface area contributed by atoms with Crippen LogP contribution in [0.2, 0.25) is 5.02 Å². The number of hydrogen-bond donors (Lipinski definition) is 1. The second-order valence-corrected chi connectivity index (χ2v) is 8.41. The van der Waals surface area contributed by atoms with E-state index in [9.17, 15) is 14.4 Å². The predicted molar refractivity (Wildman–Crippen MR) is 123 cm³/mol. The summed E-state index contributed by atoms with van der Waals surface area (Å²) in [6.45, 7) is 1.87. The normalized spacial score (nSPS) is 11.1. The molecule has 1 aromatic carbocycles. The molecule has 0 radical (unpaired) electrons. The van der Waals surface area contributed by atoms with E-state index in [-0.39, 0.29) is 33.5 Å². The van der Waals surface area contributed by atoms with E-state index in [1.165, 1.54) is 24.9 Å². The molecule has 3 aromatic heterocycles. The number of halogens is 1. The minimum Gasteiger partial charge on any atom is -0.461 e. The first kappa shape index (κ1) is 21.8. The van der Waals surface area contributed by atoms with Crippen LogP contribution in [0.15, 0.2) is 55.6 Å². The Morgan fingerprint density at radius 1 is 1.19 bits per heavy atom. The third-order valence-electron chi connectivity index (χ3n) is 4.80. The summed E-state index contributed by atoms with van der Waals surface area (Å²) in [4.78, 5) is 46.6. The number of nitrogens with one attached hydrogen (secondary N) is 1. The minimum absolute atomic E-state index is 0.0266. The SMILES string of the molecule is Cc1ccc(NC(=O)CSc2nc(-c3ccco3)nc3c2c(=O)n(C)c(=O)n3C)cc1Cl. The summed E-state index contributed by atoms with van der Waals surface area (Å²) in [5.74, 6) is 0.253. The fraction of sp³-hybridized carbons (Fsp3) is 0.190. The third-order valence-corrected chi connectivity index (χ3v) is 6.19. The fourth-order valence-corrected chi connectivity index (χ4v) is 4.05. The van der Waals surface area contributed by atoms with Crippen LogP contribution in [0.25, 0.3) is 22.6 Å². The van der Waals surface area contributed by atoms with Crippen LogP contribution in [-0.4, -0.2) is 30.8 Å². The van der Waals surface area contributed by atoms with E-state index in [4.69, 9.17) is 16.0 Å². The topological polar surface area (TPSA) is 112 Å². The molecule has 164 valence electrons. The predicted octanol–water partition coefficient (Wildman–Crippen LogP) is 2.98. The monoisotopic (exact) mass is 471 g/mol. The van der Waals surface area contributed by atoms with Crippen LogP contribution in [-0.2, 0) is 18.9 Å². The van der Waals surface area contributed by atoms with Gasteiger partial charge in [0.2, 0.25) is 5.91 Å². The summed E-state index contributed by atoms with van der Waals surface area (Å²) >= 11 is 7.18. The molecule has 0 fully saturated rings. The zero-order valence-corrected chi connectivity index (χ0v) is 19.0. The molecule has 4 rings (SSSR count). The van der Waals surface area contributed by atoms with E-state index in [2.05, 4.69) is 15.3 Å². The summed E-state index contributed by atoms with van der Waals surface area (Å²) < 4.78 is 7.63. The van der Waals surface area contributed by atoms with Gasteiger partial charge in [-0.25, -0.2) is 14.8 Å². The van der Waals surface area contributed by atoms with Gasteiger partial charge in [-0.05, 0) is 36.8 Å². The van der Waals surface area contributed by atoms with Gasteiger partial charge in [-0.1, -0.05) is 29.4 Å². The zero-order valence-electron chi connectivity index (χ0n) is 17.4. The Balaban J connectivity index is 1.72. The van der Waals surface area contributed by atoms with Crippen molar-refractivity contribution < 1.29 is 9.21 Å². The van der Waals surface area contributed by atoms with Crippen molar-refractivity contribution in [3.05, 3.63) is 68.0 Å². The molecule has 0 saturated heterocycles. The number of anilines is 1. The fourth-order valence-electron chi connectivity index (χ4n) is 3.05. The van der Waals surface area contributed by atoms with Crippen molar-refractivity contribution in [2.24, 2.45) is 14.1 Å². The molecule has 0 unspecified atom stereocenters. The molecule has 0 saturated carbocycles. The number of hydrogen-bond acceptors (Lipinski definition) is 7. The quantitative estimate of drug-likeness (QED) is 0.351.